The highest BCUT2D eigenvalue weighted by molar-refractivity contribution is 6.33. The lowest BCUT2D eigenvalue weighted by Crippen LogP contribution is -2.44. The summed E-state index contributed by atoms with van der Waals surface area (Å²) in [7, 11) is 0. The lowest BCUT2D eigenvalue weighted by Gasteiger charge is -2.30. The van der Waals surface area contributed by atoms with Gasteiger partial charge in [-0.1, -0.05) is 28.9 Å². The van der Waals surface area contributed by atoms with Crippen molar-refractivity contribution in [2.45, 2.75) is 13.0 Å². The molecule has 0 radical (unpaired) electrons. The lowest BCUT2D eigenvalue weighted by atomic mass is 10.2. The van der Waals surface area contributed by atoms with E-state index >= 15 is 0 Å². The van der Waals surface area contributed by atoms with E-state index in [-0.39, 0.29) is 6.04 Å². The minimum absolute atomic E-state index is 0.150. The molecule has 0 saturated carbocycles. The predicted molar refractivity (Wildman–Crippen MR) is 77.6 cm³/mol. The molecule has 1 aliphatic rings. The Hall–Kier alpha value is -1.43. The van der Waals surface area contributed by atoms with Gasteiger partial charge in [-0.3, -0.25) is 4.90 Å². The molecule has 0 amide bonds. The van der Waals surface area contributed by atoms with Gasteiger partial charge in [-0.2, -0.15) is 4.98 Å². The van der Waals surface area contributed by atoms with E-state index in [2.05, 4.69) is 27.3 Å². The summed E-state index contributed by atoms with van der Waals surface area (Å²) in [5.74, 6) is 1.19. The summed E-state index contributed by atoms with van der Waals surface area (Å²) in [5, 5.41) is 8.06. The van der Waals surface area contributed by atoms with Gasteiger partial charge in [-0.05, 0) is 19.1 Å². The first kappa shape index (κ1) is 13.5. The van der Waals surface area contributed by atoms with E-state index in [4.69, 9.17) is 16.1 Å². The highest BCUT2D eigenvalue weighted by atomic mass is 35.5. The van der Waals surface area contributed by atoms with Crippen LogP contribution in [0.15, 0.2) is 28.8 Å². The SMILES string of the molecule is CC(c1noc(-c2ccccc2Cl)n1)N1CCNCC1. The Morgan fingerprint density at radius 3 is 2.80 bits per heavy atom. The fourth-order valence-corrected chi connectivity index (χ4v) is 2.60. The maximum atomic E-state index is 6.15. The van der Waals surface area contributed by atoms with E-state index in [1.807, 2.05) is 24.3 Å². The van der Waals surface area contributed by atoms with Gasteiger partial charge in [0.05, 0.1) is 16.6 Å². The number of hydrogen-bond donors (Lipinski definition) is 1. The first-order chi connectivity index (χ1) is 9.75. The summed E-state index contributed by atoms with van der Waals surface area (Å²) in [6.45, 7) is 6.10. The number of nitrogens with zero attached hydrogens (tertiary/aromatic N) is 3. The fourth-order valence-electron chi connectivity index (χ4n) is 2.38. The van der Waals surface area contributed by atoms with E-state index in [1.54, 1.807) is 0 Å². The average Bonchev–Trinajstić information content (AvgIpc) is 2.97. The van der Waals surface area contributed by atoms with Crippen LogP contribution in [0.2, 0.25) is 5.02 Å². The van der Waals surface area contributed by atoms with Crippen molar-refractivity contribution in [3.05, 3.63) is 35.1 Å². The van der Waals surface area contributed by atoms with Gasteiger partial charge in [0.1, 0.15) is 0 Å². The summed E-state index contributed by atoms with van der Waals surface area (Å²) < 4.78 is 5.36. The van der Waals surface area contributed by atoms with Gasteiger partial charge in [0.15, 0.2) is 5.82 Å². The minimum Gasteiger partial charge on any atom is -0.334 e. The average molecular weight is 293 g/mol. The Morgan fingerprint density at radius 1 is 1.30 bits per heavy atom. The first-order valence-corrected chi connectivity index (χ1v) is 7.17. The van der Waals surface area contributed by atoms with Crippen molar-refractivity contribution < 1.29 is 4.52 Å². The first-order valence-electron chi connectivity index (χ1n) is 6.79. The van der Waals surface area contributed by atoms with Crippen molar-refractivity contribution in [3.63, 3.8) is 0 Å². The maximum absolute atomic E-state index is 6.15. The van der Waals surface area contributed by atoms with Crippen LogP contribution in [0.25, 0.3) is 11.5 Å². The number of hydrogen-bond acceptors (Lipinski definition) is 5. The zero-order valence-corrected chi connectivity index (χ0v) is 12.1. The molecule has 1 saturated heterocycles. The second-order valence-corrected chi connectivity index (χ2v) is 5.31. The molecule has 106 valence electrons. The Balaban J connectivity index is 1.81. The summed E-state index contributed by atoms with van der Waals surface area (Å²) >= 11 is 6.15. The molecule has 1 fully saturated rings. The number of aromatic nitrogens is 2. The summed E-state index contributed by atoms with van der Waals surface area (Å²) in [6, 6.07) is 7.64. The molecule has 2 heterocycles. The number of rotatable bonds is 3. The van der Waals surface area contributed by atoms with Crippen molar-refractivity contribution in [2.75, 3.05) is 26.2 Å². The predicted octanol–water partition coefficient (Wildman–Crippen LogP) is 2.36. The van der Waals surface area contributed by atoms with Crippen LogP contribution in [0.1, 0.15) is 18.8 Å². The highest BCUT2D eigenvalue weighted by Gasteiger charge is 2.23. The van der Waals surface area contributed by atoms with Crippen LogP contribution in [0, 0.1) is 0 Å². The molecule has 0 bridgehead atoms. The topological polar surface area (TPSA) is 54.2 Å². The number of nitrogens with one attached hydrogen (secondary N) is 1. The third-order valence-corrected chi connectivity index (χ3v) is 3.95. The van der Waals surface area contributed by atoms with Crippen molar-refractivity contribution >= 4 is 11.6 Å². The van der Waals surface area contributed by atoms with E-state index < -0.39 is 0 Å². The number of halogens is 1. The molecule has 3 rings (SSSR count). The van der Waals surface area contributed by atoms with Crippen LogP contribution < -0.4 is 5.32 Å². The number of benzene rings is 1. The fraction of sp³-hybridized carbons (Fsp3) is 0.429. The van der Waals surface area contributed by atoms with Gasteiger partial charge in [0.25, 0.3) is 5.89 Å². The highest BCUT2D eigenvalue weighted by Crippen LogP contribution is 2.27. The Bertz CT molecular complexity index is 580. The normalized spacial score (nSPS) is 18.1. The molecule has 6 heteroatoms. The van der Waals surface area contributed by atoms with Gasteiger partial charge in [-0.15, -0.1) is 0 Å². The molecule has 5 nitrogen and oxygen atoms in total. The molecule has 1 unspecified atom stereocenters. The summed E-state index contributed by atoms with van der Waals surface area (Å²) in [5.41, 5.74) is 0.778. The maximum Gasteiger partial charge on any atom is 0.259 e. The van der Waals surface area contributed by atoms with Gasteiger partial charge in [0.2, 0.25) is 0 Å². The molecule has 1 aromatic carbocycles. The monoisotopic (exact) mass is 292 g/mol. The molecule has 1 N–H and O–H groups in total. The Labute approximate surface area is 122 Å². The van der Waals surface area contributed by atoms with E-state index in [0.717, 1.165) is 31.7 Å². The van der Waals surface area contributed by atoms with Crippen LogP contribution in [-0.2, 0) is 0 Å². The molecule has 0 aliphatic carbocycles. The molecular weight excluding hydrogens is 276 g/mol. The van der Waals surface area contributed by atoms with E-state index in [0.29, 0.717) is 16.7 Å². The quantitative estimate of drug-likeness (QED) is 0.941. The third-order valence-electron chi connectivity index (χ3n) is 3.62. The molecule has 2 aromatic rings. The van der Waals surface area contributed by atoms with Gasteiger partial charge in [0, 0.05) is 26.2 Å². The summed E-state index contributed by atoms with van der Waals surface area (Å²) in [6.07, 6.45) is 0. The Morgan fingerprint density at radius 2 is 2.05 bits per heavy atom. The Kier molecular flexibility index (Phi) is 4.00. The van der Waals surface area contributed by atoms with E-state index in [1.165, 1.54) is 0 Å². The number of piperazine rings is 1. The zero-order valence-electron chi connectivity index (χ0n) is 11.3. The van der Waals surface area contributed by atoms with Gasteiger partial charge >= 0.3 is 0 Å². The van der Waals surface area contributed by atoms with Crippen molar-refractivity contribution in [2.24, 2.45) is 0 Å². The van der Waals surface area contributed by atoms with Crippen LogP contribution in [-0.4, -0.2) is 41.2 Å². The van der Waals surface area contributed by atoms with Crippen LogP contribution in [0.3, 0.4) is 0 Å². The second-order valence-electron chi connectivity index (χ2n) is 4.90. The standard InChI is InChI=1S/C14H17ClN4O/c1-10(19-8-6-16-7-9-19)13-17-14(20-18-13)11-4-2-3-5-12(11)15/h2-5,10,16H,6-9H2,1H3. The molecule has 20 heavy (non-hydrogen) atoms. The molecule has 1 atom stereocenters. The minimum atomic E-state index is 0.150. The van der Waals surface area contributed by atoms with Crippen LogP contribution in [0.4, 0.5) is 0 Å². The molecule has 1 aliphatic heterocycles. The van der Waals surface area contributed by atoms with Gasteiger partial charge in [-0.25, -0.2) is 0 Å². The lowest BCUT2D eigenvalue weighted by molar-refractivity contribution is 0.176. The van der Waals surface area contributed by atoms with Crippen molar-refractivity contribution in [1.82, 2.24) is 20.4 Å². The van der Waals surface area contributed by atoms with Crippen molar-refractivity contribution in [3.8, 4) is 11.5 Å². The van der Waals surface area contributed by atoms with Crippen LogP contribution in [0.5, 0.6) is 0 Å². The summed E-state index contributed by atoms with van der Waals surface area (Å²) in [4.78, 5) is 6.84. The van der Waals surface area contributed by atoms with Gasteiger partial charge < -0.3 is 9.84 Å². The zero-order chi connectivity index (χ0) is 13.9. The molecular formula is C14H17ClN4O. The smallest absolute Gasteiger partial charge is 0.259 e. The van der Waals surface area contributed by atoms with E-state index in [9.17, 15) is 0 Å². The third kappa shape index (κ3) is 2.70. The largest absolute Gasteiger partial charge is 0.334 e. The molecule has 1 aromatic heterocycles. The second kappa shape index (κ2) is 5.91. The molecule has 0 spiro atoms. The van der Waals surface area contributed by atoms with Crippen LogP contribution >= 0.6 is 11.6 Å². The van der Waals surface area contributed by atoms with Crippen molar-refractivity contribution in [1.29, 1.82) is 0 Å².